The quantitative estimate of drug-likeness (QED) is 0.868. The summed E-state index contributed by atoms with van der Waals surface area (Å²) in [4.78, 5) is 13.7. The SMILES string of the molecule is O=C(OCc1ccccc1)N1CCC[C@@H]([C@H](O)CCO)C1. The van der Waals surface area contributed by atoms with Crippen LogP contribution in [0.25, 0.3) is 0 Å². The highest BCUT2D eigenvalue weighted by Gasteiger charge is 2.28. The first-order valence-electron chi connectivity index (χ1n) is 7.45. The van der Waals surface area contributed by atoms with Gasteiger partial charge in [-0.25, -0.2) is 4.79 Å². The number of carbonyl (C=O) groups excluding carboxylic acids is 1. The number of rotatable bonds is 5. The van der Waals surface area contributed by atoms with Crippen LogP contribution in [-0.2, 0) is 11.3 Å². The lowest BCUT2D eigenvalue weighted by atomic mass is 9.91. The fraction of sp³-hybridized carbons (Fsp3) is 0.562. The van der Waals surface area contributed by atoms with E-state index in [1.807, 2.05) is 30.3 Å². The molecular formula is C16H23NO4. The summed E-state index contributed by atoms with van der Waals surface area (Å²) in [5.41, 5.74) is 0.958. The van der Waals surface area contributed by atoms with Crippen molar-refractivity contribution in [3.8, 4) is 0 Å². The van der Waals surface area contributed by atoms with Gasteiger partial charge in [-0.3, -0.25) is 0 Å². The van der Waals surface area contributed by atoms with Crippen LogP contribution in [0.4, 0.5) is 4.79 Å². The topological polar surface area (TPSA) is 70.0 Å². The largest absolute Gasteiger partial charge is 0.445 e. The van der Waals surface area contributed by atoms with Crippen molar-refractivity contribution in [1.82, 2.24) is 4.90 Å². The fourth-order valence-corrected chi connectivity index (χ4v) is 2.67. The Morgan fingerprint density at radius 1 is 1.38 bits per heavy atom. The number of amides is 1. The Kier molecular flexibility index (Phi) is 6.02. The molecule has 2 rings (SSSR count). The summed E-state index contributed by atoms with van der Waals surface area (Å²) in [6, 6.07) is 9.56. The molecule has 0 aliphatic carbocycles. The lowest BCUT2D eigenvalue weighted by molar-refractivity contribution is 0.0269. The molecule has 0 radical (unpaired) electrons. The highest BCUT2D eigenvalue weighted by molar-refractivity contribution is 5.67. The van der Waals surface area contributed by atoms with Gasteiger partial charge in [-0.1, -0.05) is 30.3 Å². The maximum Gasteiger partial charge on any atom is 0.410 e. The lowest BCUT2D eigenvalue weighted by Crippen LogP contribution is -2.43. The van der Waals surface area contributed by atoms with E-state index in [2.05, 4.69) is 0 Å². The molecular weight excluding hydrogens is 270 g/mol. The van der Waals surface area contributed by atoms with E-state index in [0.717, 1.165) is 18.4 Å². The molecule has 1 aliphatic heterocycles. The van der Waals surface area contributed by atoms with Crippen LogP contribution in [-0.4, -0.2) is 47.0 Å². The Bertz CT molecular complexity index is 437. The molecule has 116 valence electrons. The van der Waals surface area contributed by atoms with Crippen LogP contribution in [0.2, 0.25) is 0 Å². The minimum absolute atomic E-state index is 0.0233. The van der Waals surface area contributed by atoms with E-state index in [1.165, 1.54) is 0 Å². The monoisotopic (exact) mass is 293 g/mol. The zero-order chi connectivity index (χ0) is 15.1. The summed E-state index contributed by atoms with van der Waals surface area (Å²) < 4.78 is 5.31. The van der Waals surface area contributed by atoms with Gasteiger partial charge in [0.05, 0.1) is 6.10 Å². The second-order valence-electron chi connectivity index (χ2n) is 5.47. The number of carbonyl (C=O) groups is 1. The Labute approximate surface area is 125 Å². The summed E-state index contributed by atoms with van der Waals surface area (Å²) >= 11 is 0. The predicted molar refractivity (Wildman–Crippen MR) is 78.6 cm³/mol. The van der Waals surface area contributed by atoms with Gasteiger partial charge in [-0.2, -0.15) is 0 Å². The fourth-order valence-electron chi connectivity index (χ4n) is 2.67. The molecule has 0 bridgehead atoms. The average Bonchev–Trinajstić information content (AvgIpc) is 2.54. The number of aliphatic hydroxyl groups is 2. The normalized spacial score (nSPS) is 20.1. The second-order valence-corrected chi connectivity index (χ2v) is 5.47. The number of piperidine rings is 1. The van der Waals surface area contributed by atoms with Crippen molar-refractivity contribution >= 4 is 6.09 Å². The molecule has 1 heterocycles. The van der Waals surface area contributed by atoms with Gasteiger partial charge in [-0.05, 0) is 24.8 Å². The van der Waals surface area contributed by atoms with Crippen molar-refractivity contribution in [3.63, 3.8) is 0 Å². The lowest BCUT2D eigenvalue weighted by Gasteiger charge is -2.34. The zero-order valence-electron chi connectivity index (χ0n) is 12.1. The van der Waals surface area contributed by atoms with Crippen LogP contribution in [0.15, 0.2) is 30.3 Å². The molecule has 2 atom stereocenters. The number of hydrogen-bond donors (Lipinski definition) is 2. The van der Waals surface area contributed by atoms with Crippen LogP contribution in [0, 0.1) is 5.92 Å². The molecule has 1 amide bonds. The highest BCUT2D eigenvalue weighted by Crippen LogP contribution is 2.22. The van der Waals surface area contributed by atoms with Crippen LogP contribution >= 0.6 is 0 Å². The first-order valence-corrected chi connectivity index (χ1v) is 7.45. The van der Waals surface area contributed by atoms with Gasteiger partial charge in [0.1, 0.15) is 6.61 Å². The molecule has 21 heavy (non-hydrogen) atoms. The van der Waals surface area contributed by atoms with Crippen LogP contribution in [0.3, 0.4) is 0 Å². The van der Waals surface area contributed by atoms with Gasteiger partial charge in [0.25, 0.3) is 0 Å². The summed E-state index contributed by atoms with van der Waals surface area (Å²) in [5, 5.41) is 18.8. The van der Waals surface area contributed by atoms with Crippen molar-refractivity contribution in [1.29, 1.82) is 0 Å². The molecule has 0 unspecified atom stereocenters. The summed E-state index contributed by atoms with van der Waals surface area (Å²) in [6.07, 6.45) is 1.20. The van der Waals surface area contributed by atoms with Crippen LogP contribution in [0.1, 0.15) is 24.8 Å². The number of likely N-dealkylation sites (tertiary alicyclic amines) is 1. The maximum absolute atomic E-state index is 12.1. The molecule has 0 saturated carbocycles. The Morgan fingerprint density at radius 3 is 2.86 bits per heavy atom. The molecule has 1 aromatic rings. The molecule has 5 nitrogen and oxygen atoms in total. The van der Waals surface area contributed by atoms with Gasteiger partial charge in [0.2, 0.25) is 0 Å². The van der Waals surface area contributed by atoms with E-state index in [1.54, 1.807) is 4.90 Å². The Hall–Kier alpha value is -1.59. The third kappa shape index (κ3) is 4.72. The minimum atomic E-state index is -0.556. The Morgan fingerprint density at radius 2 is 2.14 bits per heavy atom. The summed E-state index contributed by atoms with van der Waals surface area (Å²) in [5.74, 6) is 0.0233. The van der Waals surface area contributed by atoms with E-state index in [-0.39, 0.29) is 25.2 Å². The van der Waals surface area contributed by atoms with Crippen molar-refractivity contribution < 1.29 is 19.7 Å². The highest BCUT2D eigenvalue weighted by atomic mass is 16.6. The summed E-state index contributed by atoms with van der Waals surface area (Å²) in [6.45, 7) is 1.39. The van der Waals surface area contributed by atoms with E-state index in [4.69, 9.17) is 9.84 Å². The van der Waals surface area contributed by atoms with E-state index < -0.39 is 6.10 Å². The van der Waals surface area contributed by atoms with Gasteiger partial charge >= 0.3 is 6.09 Å². The summed E-state index contributed by atoms with van der Waals surface area (Å²) in [7, 11) is 0. The minimum Gasteiger partial charge on any atom is -0.445 e. The first-order chi connectivity index (χ1) is 10.2. The van der Waals surface area contributed by atoms with E-state index >= 15 is 0 Å². The average molecular weight is 293 g/mol. The van der Waals surface area contributed by atoms with Gasteiger partial charge in [0.15, 0.2) is 0 Å². The molecule has 1 saturated heterocycles. The maximum atomic E-state index is 12.1. The van der Waals surface area contributed by atoms with Gasteiger partial charge in [-0.15, -0.1) is 0 Å². The molecule has 1 fully saturated rings. The molecule has 0 spiro atoms. The molecule has 1 aromatic carbocycles. The van der Waals surface area contributed by atoms with Gasteiger partial charge in [0, 0.05) is 25.6 Å². The number of benzene rings is 1. The van der Waals surface area contributed by atoms with Crippen molar-refractivity contribution in [2.24, 2.45) is 5.92 Å². The van der Waals surface area contributed by atoms with E-state index in [0.29, 0.717) is 19.5 Å². The Balaban J connectivity index is 1.81. The standard InChI is InChI=1S/C16H23NO4/c18-10-8-15(19)14-7-4-9-17(11-14)16(20)21-12-13-5-2-1-3-6-13/h1-3,5-6,14-15,18-19H,4,7-12H2/t14-,15-/m1/s1. The van der Waals surface area contributed by atoms with E-state index in [9.17, 15) is 9.90 Å². The third-order valence-corrected chi connectivity index (χ3v) is 3.89. The van der Waals surface area contributed by atoms with Crippen LogP contribution in [0.5, 0.6) is 0 Å². The number of aliphatic hydroxyl groups excluding tert-OH is 2. The molecule has 1 aliphatic rings. The number of nitrogens with zero attached hydrogens (tertiary/aromatic N) is 1. The van der Waals surface area contributed by atoms with Crippen molar-refractivity contribution in [2.45, 2.75) is 32.0 Å². The van der Waals surface area contributed by atoms with Crippen molar-refractivity contribution in [3.05, 3.63) is 35.9 Å². The second kappa shape index (κ2) is 8.00. The number of ether oxygens (including phenoxy) is 1. The van der Waals surface area contributed by atoms with Crippen molar-refractivity contribution in [2.75, 3.05) is 19.7 Å². The third-order valence-electron chi connectivity index (χ3n) is 3.89. The van der Waals surface area contributed by atoms with Gasteiger partial charge < -0.3 is 19.8 Å². The smallest absolute Gasteiger partial charge is 0.410 e. The first kappa shape index (κ1) is 15.8. The molecule has 2 N–H and O–H groups in total. The zero-order valence-corrected chi connectivity index (χ0v) is 12.1. The predicted octanol–water partition coefficient (Wildman–Crippen LogP) is 1.78. The number of hydrogen-bond acceptors (Lipinski definition) is 4. The van der Waals surface area contributed by atoms with Crippen LogP contribution < -0.4 is 0 Å². The molecule has 5 heteroatoms. The molecule has 0 aromatic heterocycles.